The van der Waals surface area contributed by atoms with Gasteiger partial charge in [-0.15, -0.1) is 0 Å². The van der Waals surface area contributed by atoms with Gasteiger partial charge in [-0.25, -0.2) is 0 Å². The van der Waals surface area contributed by atoms with E-state index >= 15 is 0 Å². The van der Waals surface area contributed by atoms with Gasteiger partial charge in [-0.2, -0.15) is 0 Å². The van der Waals surface area contributed by atoms with Crippen LogP contribution in [-0.2, 0) is 28.2 Å². The number of hydrogen-bond acceptors (Lipinski definition) is 3. The summed E-state index contributed by atoms with van der Waals surface area (Å²) in [7, 11) is 0. The topological polar surface area (TPSA) is 9.72 Å². The molecule has 0 bridgehead atoms. The highest BCUT2D eigenvalue weighted by molar-refractivity contribution is 7.00. The minimum Gasteiger partial charge on any atom is -0.335 e. The predicted octanol–water partition coefficient (Wildman–Crippen LogP) is 16.0. The van der Waals surface area contributed by atoms with E-state index < -0.39 is 5.54 Å². The minimum absolute atomic E-state index is 0.00904. The summed E-state index contributed by atoms with van der Waals surface area (Å²) in [4.78, 5) is 8.43. The molecule has 0 amide bonds. The molecule has 4 heterocycles. The average molecular weight is 970 g/mol. The fourth-order valence-corrected chi connectivity index (χ4v) is 16.1. The Labute approximate surface area is 444 Å². The molecule has 0 aromatic heterocycles. The molecule has 75 heavy (non-hydrogen) atoms. The van der Waals surface area contributed by atoms with Gasteiger partial charge in [0.05, 0.1) is 11.1 Å². The van der Waals surface area contributed by atoms with Crippen LogP contribution >= 0.6 is 0 Å². The molecule has 1 fully saturated rings. The lowest BCUT2D eigenvalue weighted by molar-refractivity contribution is 0.215. The summed E-state index contributed by atoms with van der Waals surface area (Å²) in [5.74, 6) is 0. The lowest BCUT2D eigenvalue weighted by Gasteiger charge is -2.55. The lowest BCUT2D eigenvalue weighted by Crippen LogP contribution is -2.65. The Balaban J connectivity index is 1.08. The van der Waals surface area contributed by atoms with Crippen LogP contribution in [-0.4, -0.2) is 12.3 Å². The van der Waals surface area contributed by atoms with Crippen LogP contribution in [0.15, 0.2) is 206 Å². The number of fused-ring (bicyclic) bond motifs is 12. The summed E-state index contributed by atoms with van der Waals surface area (Å²) in [5.41, 5.74) is 25.8. The Bertz CT molecular complexity index is 3800. The second-order valence-corrected chi connectivity index (χ2v) is 24.4. The van der Waals surface area contributed by atoms with Gasteiger partial charge in [0.1, 0.15) is 0 Å². The molecule has 0 spiro atoms. The molecule has 0 radical (unpaired) electrons. The van der Waals surface area contributed by atoms with E-state index in [0.717, 1.165) is 25.7 Å². The number of aryl methyl sites for hydroxylation is 1. The Hall–Kier alpha value is -7.56. The Morgan fingerprint density at radius 2 is 1.11 bits per heavy atom. The van der Waals surface area contributed by atoms with Crippen molar-refractivity contribution in [1.82, 2.24) is 0 Å². The quantitative estimate of drug-likeness (QED) is 0.159. The fraction of sp³-hybridized carbons (Fsp3) is 0.239. The number of benzene rings is 9. The Kier molecular flexibility index (Phi) is 9.42. The van der Waals surface area contributed by atoms with Crippen LogP contribution in [0.2, 0.25) is 0 Å². The molecule has 0 N–H and O–H groups in total. The summed E-state index contributed by atoms with van der Waals surface area (Å²) in [6, 6.07) is 80.0. The first kappa shape index (κ1) is 44.9. The van der Waals surface area contributed by atoms with Crippen molar-refractivity contribution in [3.05, 3.63) is 240 Å². The smallest absolute Gasteiger partial charge is 0.252 e. The molecule has 6 aliphatic rings. The predicted molar refractivity (Wildman–Crippen MR) is 316 cm³/mol. The third-order valence-corrected chi connectivity index (χ3v) is 19.9. The molecular formula is C71H64BN3. The van der Waals surface area contributed by atoms with Crippen molar-refractivity contribution in [2.45, 2.75) is 107 Å². The highest BCUT2D eigenvalue weighted by atomic mass is 15.3. The van der Waals surface area contributed by atoms with Crippen LogP contribution in [0.1, 0.15) is 107 Å². The summed E-state index contributed by atoms with van der Waals surface area (Å²) < 4.78 is 0. The number of rotatable bonds is 5. The number of nitrogens with zero attached hydrogens (tertiary/aromatic N) is 3. The van der Waals surface area contributed by atoms with Gasteiger partial charge in [0.25, 0.3) is 6.71 Å². The largest absolute Gasteiger partial charge is 0.335 e. The van der Waals surface area contributed by atoms with Gasteiger partial charge in [-0.3, -0.25) is 0 Å². The van der Waals surface area contributed by atoms with Crippen molar-refractivity contribution in [1.29, 1.82) is 0 Å². The zero-order chi connectivity index (χ0) is 50.6. The molecule has 4 atom stereocenters. The fourth-order valence-electron chi connectivity index (χ4n) is 16.1. The maximum atomic E-state index is 2.93. The van der Waals surface area contributed by atoms with Crippen molar-refractivity contribution >= 4 is 62.9 Å². The molecule has 3 nitrogen and oxygen atoms in total. The Morgan fingerprint density at radius 3 is 1.87 bits per heavy atom. The van der Waals surface area contributed by atoms with Crippen molar-refractivity contribution in [2.75, 3.05) is 14.7 Å². The summed E-state index contributed by atoms with van der Waals surface area (Å²) in [5, 5.41) is 0. The normalized spacial score (nSPS) is 23.4. The van der Waals surface area contributed by atoms with Crippen LogP contribution in [0.25, 0.3) is 22.3 Å². The zero-order valence-electron chi connectivity index (χ0n) is 44.3. The van der Waals surface area contributed by atoms with Gasteiger partial charge in [-0.1, -0.05) is 210 Å². The van der Waals surface area contributed by atoms with Crippen LogP contribution in [0.4, 0.5) is 39.8 Å². The third kappa shape index (κ3) is 5.89. The number of anilines is 7. The highest BCUT2D eigenvalue weighted by Gasteiger charge is 2.65. The lowest BCUT2D eigenvalue weighted by atomic mass is 9.33. The monoisotopic (exact) mass is 970 g/mol. The van der Waals surface area contributed by atoms with Gasteiger partial charge in [0, 0.05) is 50.6 Å². The molecule has 0 saturated heterocycles. The van der Waals surface area contributed by atoms with E-state index in [2.05, 4.69) is 262 Å². The van der Waals surface area contributed by atoms with Gasteiger partial charge in [0.15, 0.2) is 0 Å². The van der Waals surface area contributed by atoms with Crippen LogP contribution < -0.4 is 31.1 Å². The molecule has 15 rings (SSSR count). The van der Waals surface area contributed by atoms with Crippen molar-refractivity contribution < 1.29 is 0 Å². The van der Waals surface area contributed by atoms with Crippen LogP contribution in [0.5, 0.6) is 0 Å². The van der Waals surface area contributed by atoms with Gasteiger partial charge in [-0.05, 0) is 153 Å². The van der Waals surface area contributed by atoms with E-state index in [-0.39, 0.29) is 28.5 Å². The van der Waals surface area contributed by atoms with Gasteiger partial charge in [0.2, 0.25) is 0 Å². The maximum absolute atomic E-state index is 2.93. The third-order valence-electron chi connectivity index (χ3n) is 19.9. The summed E-state index contributed by atoms with van der Waals surface area (Å²) in [6.07, 6.45) is 6.76. The van der Waals surface area contributed by atoms with Crippen molar-refractivity contribution in [3.63, 3.8) is 0 Å². The van der Waals surface area contributed by atoms with Crippen molar-refractivity contribution in [3.8, 4) is 22.3 Å². The maximum Gasteiger partial charge on any atom is 0.252 e. The van der Waals surface area contributed by atoms with Crippen LogP contribution in [0.3, 0.4) is 0 Å². The SMILES string of the molecule is CC(C)(C)c1ccc2c(c1)C1(C)CCc3ccccc3C1(C)N2c1cc2c3c(c1)N1c4c(cccc4C4(c5ccccc5)CCCCC14C)B3c1ccc(-c3ccccc3)cc1N2c1cccc(-c2ccccc2)c1. The van der Waals surface area contributed by atoms with E-state index in [1.54, 1.807) is 0 Å². The zero-order valence-corrected chi connectivity index (χ0v) is 44.3. The van der Waals surface area contributed by atoms with E-state index in [1.165, 1.54) is 125 Å². The first-order valence-corrected chi connectivity index (χ1v) is 27.8. The second-order valence-electron chi connectivity index (χ2n) is 24.4. The molecule has 9 aromatic rings. The molecule has 1 saturated carbocycles. The van der Waals surface area contributed by atoms with Gasteiger partial charge < -0.3 is 14.7 Å². The highest BCUT2D eigenvalue weighted by Crippen LogP contribution is 2.67. The van der Waals surface area contributed by atoms with E-state index in [9.17, 15) is 0 Å². The number of hydrogen-bond donors (Lipinski definition) is 0. The number of para-hydroxylation sites is 1. The average Bonchev–Trinajstić information content (AvgIpc) is 4.09. The molecule has 9 aromatic carbocycles. The summed E-state index contributed by atoms with van der Waals surface area (Å²) >= 11 is 0. The Morgan fingerprint density at radius 1 is 0.453 bits per heavy atom. The molecule has 4 unspecified atom stereocenters. The first-order chi connectivity index (χ1) is 36.4. The minimum atomic E-state index is -0.391. The van der Waals surface area contributed by atoms with Crippen LogP contribution in [0, 0.1) is 0 Å². The van der Waals surface area contributed by atoms with E-state index in [0.29, 0.717) is 0 Å². The van der Waals surface area contributed by atoms with Gasteiger partial charge >= 0.3 is 0 Å². The van der Waals surface area contributed by atoms with E-state index in [1.807, 2.05) is 0 Å². The first-order valence-electron chi connectivity index (χ1n) is 27.8. The standard InChI is InChI=1S/C71H64BN3/c1-67(2,3)53-35-37-61-58(44-53)68(4)41-38-49-26-16-17-31-56(49)70(68,6)74(61)55-45-63-65-64(46-55)75-66-57(71(52-28-14-9-15-29-52)40-19-18-39-69(71,75)5)32-21-33-60(66)72(65)59-36-34-51(48-24-12-8-13-25-48)43-62(59)73(63)54-30-20-27-50(42-54)47-22-10-7-11-23-47/h7-17,20-37,42-46H,18-19,38-41H2,1-6H3. The van der Waals surface area contributed by atoms with Crippen molar-refractivity contribution in [2.24, 2.45) is 0 Å². The molecular weight excluding hydrogens is 906 g/mol. The second kappa shape index (κ2) is 15.7. The molecule has 4 heteroatoms. The van der Waals surface area contributed by atoms with E-state index in [4.69, 9.17) is 0 Å². The summed E-state index contributed by atoms with van der Waals surface area (Å²) in [6.45, 7) is 14.9. The molecule has 2 aliphatic carbocycles. The molecule has 366 valence electrons. The molecule has 4 aliphatic heterocycles.